The molecule has 0 aliphatic carbocycles. The summed E-state index contributed by atoms with van der Waals surface area (Å²) < 4.78 is 64.7. The van der Waals surface area contributed by atoms with Crippen molar-refractivity contribution in [1.82, 2.24) is 9.78 Å². The third-order valence-electron chi connectivity index (χ3n) is 4.17. The number of hydrogen-bond donors (Lipinski definition) is 0. The van der Waals surface area contributed by atoms with E-state index in [-0.39, 0.29) is 12.2 Å². The molecule has 2 heterocycles. The Hall–Kier alpha value is -1.35. The van der Waals surface area contributed by atoms with E-state index >= 15 is 0 Å². The zero-order chi connectivity index (χ0) is 17.6. The lowest BCUT2D eigenvalue weighted by molar-refractivity contribution is -0.141. The van der Waals surface area contributed by atoms with Crippen molar-refractivity contribution in [2.45, 2.75) is 58.5 Å². The van der Waals surface area contributed by atoms with Crippen LogP contribution in [0.25, 0.3) is 6.08 Å². The molecule has 128 valence electrons. The molecule has 1 aliphatic heterocycles. The lowest BCUT2D eigenvalue weighted by atomic mass is 9.87. The van der Waals surface area contributed by atoms with E-state index in [0.29, 0.717) is 0 Å². The maximum absolute atomic E-state index is 14.4. The van der Waals surface area contributed by atoms with E-state index in [1.807, 2.05) is 0 Å². The van der Waals surface area contributed by atoms with Crippen LogP contribution in [0.5, 0.6) is 0 Å². The van der Waals surface area contributed by atoms with Gasteiger partial charge in [0.15, 0.2) is 5.69 Å². The first-order valence-corrected chi connectivity index (χ1v) is 7.25. The van der Waals surface area contributed by atoms with Crippen molar-refractivity contribution in [3.05, 3.63) is 23.2 Å². The quantitative estimate of drug-likeness (QED) is 0.622. The Morgan fingerprint density at radius 1 is 1.26 bits per heavy atom. The molecule has 9 heteroatoms. The van der Waals surface area contributed by atoms with Crippen LogP contribution in [0.1, 0.15) is 46.0 Å². The summed E-state index contributed by atoms with van der Waals surface area (Å²) in [6.45, 7) is 8.85. The minimum atomic E-state index is -4.58. The largest absolute Gasteiger partial charge is 0.525 e. The number of aryl methyl sites for hydroxylation is 1. The fourth-order valence-electron chi connectivity index (χ4n) is 2.10. The number of rotatable bonds is 3. The van der Waals surface area contributed by atoms with Crippen LogP contribution in [0.2, 0.25) is 0 Å². The highest BCUT2D eigenvalue weighted by molar-refractivity contribution is 6.54. The van der Waals surface area contributed by atoms with Gasteiger partial charge < -0.3 is 9.31 Å². The molecule has 0 N–H and O–H groups in total. The summed E-state index contributed by atoms with van der Waals surface area (Å²) in [6, 6.07) is 0.800. The third-order valence-corrected chi connectivity index (χ3v) is 4.17. The summed E-state index contributed by atoms with van der Waals surface area (Å²) in [4.78, 5) is 0. The maximum atomic E-state index is 14.4. The summed E-state index contributed by atoms with van der Waals surface area (Å²) >= 11 is 0. The minimum Gasteiger partial charge on any atom is -0.398 e. The average molecular weight is 334 g/mol. The second-order valence-corrected chi connectivity index (χ2v) is 6.39. The molecule has 1 saturated heterocycles. The molecule has 2 rings (SSSR count). The highest BCUT2D eigenvalue weighted by Crippen LogP contribution is 2.39. The Labute approximate surface area is 132 Å². The van der Waals surface area contributed by atoms with E-state index in [2.05, 4.69) is 5.10 Å². The smallest absolute Gasteiger partial charge is 0.398 e. The summed E-state index contributed by atoms with van der Waals surface area (Å²) in [7, 11) is -1.26. The van der Waals surface area contributed by atoms with Gasteiger partial charge in [-0.05, 0) is 46.8 Å². The van der Waals surface area contributed by atoms with Crippen LogP contribution < -0.4 is 0 Å². The summed E-state index contributed by atoms with van der Waals surface area (Å²) in [6.07, 6.45) is -3.61. The van der Waals surface area contributed by atoms with Gasteiger partial charge in [-0.3, -0.25) is 4.68 Å². The van der Waals surface area contributed by atoms with Gasteiger partial charge in [-0.1, -0.05) is 0 Å². The molecule has 1 fully saturated rings. The van der Waals surface area contributed by atoms with E-state index in [0.717, 1.165) is 16.8 Å². The van der Waals surface area contributed by atoms with Crippen LogP contribution in [0.15, 0.2) is 11.8 Å². The molecule has 0 unspecified atom stereocenters. The second kappa shape index (κ2) is 5.63. The zero-order valence-electron chi connectivity index (χ0n) is 13.7. The average Bonchev–Trinajstić information content (AvgIpc) is 2.88. The van der Waals surface area contributed by atoms with Crippen molar-refractivity contribution >= 4 is 13.2 Å². The molecule has 1 aliphatic rings. The third kappa shape index (κ3) is 3.45. The summed E-state index contributed by atoms with van der Waals surface area (Å²) in [5, 5.41) is 3.44. The van der Waals surface area contributed by atoms with Crippen molar-refractivity contribution < 1.29 is 26.9 Å². The first-order valence-electron chi connectivity index (χ1n) is 7.25. The van der Waals surface area contributed by atoms with Gasteiger partial charge in [0, 0.05) is 6.54 Å². The molecule has 0 atom stereocenters. The Kier molecular flexibility index (Phi) is 4.40. The van der Waals surface area contributed by atoms with Crippen molar-refractivity contribution in [1.29, 1.82) is 0 Å². The molecule has 0 spiro atoms. The van der Waals surface area contributed by atoms with E-state index in [9.17, 15) is 17.6 Å². The Morgan fingerprint density at radius 3 is 2.22 bits per heavy atom. The predicted molar refractivity (Wildman–Crippen MR) is 78.1 cm³/mol. The lowest BCUT2D eigenvalue weighted by Gasteiger charge is -2.32. The molecule has 0 bridgehead atoms. The fourth-order valence-corrected chi connectivity index (χ4v) is 2.10. The van der Waals surface area contributed by atoms with Crippen molar-refractivity contribution in [2.75, 3.05) is 0 Å². The molecule has 0 aromatic carbocycles. The minimum absolute atomic E-state index is 0.00652. The first-order chi connectivity index (χ1) is 10.4. The normalized spacial score (nSPS) is 21.1. The van der Waals surface area contributed by atoms with Gasteiger partial charge in [0.05, 0.1) is 16.9 Å². The van der Waals surface area contributed by atoms with Crippen LogP contribution in [0, 0.1) is 0 Å². The fraction of sp³-hybridized carbons (Fsp3) is 0.643. The van der Waals surface area contributed by atoms with Crippen LogP contribution in [0.4, 0.5) is 17.6 Å². The SMILES string of the molecule is CCn1nc(C(F)(F)F)cc1C=C(F)B1OC(C)(C)C(C)(C)O1. The first kappa shape index (κ1) is 18.0. The van der Waals surface area contributed by atoms with Gasteiger partial charge in [0.25, 0.3) is 0 Å². The highest BCUT2D eigenvalue weighted by atomic mass is 19.4. The molecule has 4 nitrogen and oxygen atoms in total. The van der Waals surface area contributed by atoms with Gasteiger partial charge in [-0.15, -0.1) is 0 Å². The highest BCUT2D eigenvalue weighted by Gasteiger charge is 2.53. The Balaban J connectivity index is 2.30. The predicted octanol–water partition coefficient (Wildman–Crippen LogP) is 3.86. The summed E-state index contributed by atoms with van der Waals surface area (Å²) in [5.41, 5.74) is -3.32. The Morgan fingerprint density at radius 2 is 1.78 bits per heavy atom. The van der Waals surface area contributed by atoms with E-state index in [4.69, 9.17) is 9.31 Å². The number of nitrogens with zero attached hydrogens (tertiary/aromatic N) is 2. The maximum Gasteiger partial charge on any atom is 0.525 e. The Bertz CT molecular complexity index is 607. The number of halogens is 4. The number of hydrogen-bond acceptors (Lipinski definition) is 3. The molecule has 1 aromatic rings. The van der Waals surface area contributed by atoms with Crippen molar-refractivity contribution in [3.63, 3.8) is 0 Å². The van der Waals surface area contributed by atoms with Crippen LogP contribution in [-0.4, -0.2) is 28.1 Å². The van der Waals surface area contributed by atoms with Gasteiger partial charge in [0.1, 0.15) is 5.73 Å². The van der Waals surface area contributed by atoms with Gasteiger partial charge in [-0.25, -0.2) is 4.39 Å². The monoisotopic (exact) mass is 334 g/mol. The molecule has 0 saturated carbocycles. The standard InChI is InChI=1S/C14H19BF4N2O2/c1-6-21-9(7-10(20-21)14(17,18)19)8-11(16)15-22-12(2,3)13(4,5)23-15/h7-8H,6H2,1-5H3. The van der Waals surface area contributed by atoms with Gasteiger partial charge in [0.2, 0.25) is 0 Å². The van der Waals surface area contributed by atoms with E-state index in [1.54, 1.807) is 34.6 Å². The molecule has 23 heavy (non-hydrogen) atoms. The van der Waals surface area contributed by atoms with Gasteiger partial charge in [-0.2, -0.15) is 18.3 Å². The lowest BCUT2D eigenvalue weighted by Crippen LogP contribution is -2.41. The van der Waals surface area contributed by atoms with E-state index in [1.165, 1.54) is 0 Å². The van der Waals surface area contributed by atoms with Crippen LogP contribution in [0.3, 0.4) is 0 Å². The van der Waals surface area contributed by atoms with Gasteiger partial charge >= 0.3 is 13.3 Å². The van der Waals surface area contributed by atoms with Crippen LogP contribution >= 0.6 is 0 Å². The van der Waals surface area contributed by atoms with E-state index < -0.39 is 35.9 Å². The van der Waals surface area contributed by atoms with Crippen molar-refractivity contribution in [3.8, 4) is 0 Å². The second-order valence-electron chi connectivity index (χ2n) is 6.39. The molecule has 0 amide bonds. The zero-order valence-corrected chi connectivity index (χ0v) is 13.7. The molecular weight excluding hydrogens is 315 g/mol. The van der Waals surface area contributed by atoms with Crippen molar-refractivity contribution in [2.24, 2.45) is 0 Å². The topological polar surface area (TPSA) is 36.3 Å². The summed E-state index contributed by atoms with van der Waals surface area (Å²) in [5.74, 6) is 0. The number of alkyl halides is 3. The molecule has 0 radical (unpaired) electrons. The number of aromatic nitrogens is 2. The van der Waals surface area contributed by atoms with Crippen LogP contribution in [-0.2, 0) is 22.0 Å². The molecule has 1 aromatic heterocycles. The molecular formula is C14H19BF4N2O2.